The Bertz CT molecular complexity index is 439. The highest BCUT2D eigenvalue weighted by atomic mass is 79.9. The van der Waals surface area contributed by atoms with Gasteiger partial charge in [0.15, 0.2) is 0 Å². The lowest BCUT2D eigenvalue weighted by molar-refractivity contribution is -0.137. The Hall–Kier alpha value is -1.07. The molecule has 0 saturated heterocycles. The molecule has 0 aromatic heterocycles. The second kappa shape index (κ2) is 7.38. The summed E-state index contributed by atoms with van der Waals surface area (Å²) in [5, 5.41) is 11.8. The molecule has 2 N–H and O–H groups in total. The van der Waals surface area contributed by atoms with E-state index in [0.29, 0.717) is 24.3 Å². The van der Waals surface area contributed by atoms with E-state index in [9.17, 15) is 9.59 Å². The molecule has 6 heteroatoms. The first kappa shape index (κ1) is 15.0. The van der Waals surface area contributed by atoms with Crippen molar-refractivity contribution >= 4 is 39.9 Å². The van der Waals surface area contributed by atoms with Gasteiger partial charge in [-0.3, -0.25) is 9.59 Å². The van der Waals surface area contributed by atoms with Crippen molar-refractivity contribution in [2.45, 2.75) is 25.3 Å². The molecule has 1 unspecified atom stereocenters. The van der Waals surface area contributed by atoms with Crippen LogP contribution in [0, 0.1) is 0 Å². The third-order valence-corrected chi connectivity index (χ3v) is 3.34. The number of carbonyl (C=O) groups excluding carboxylic acids is 1. The first-order chi connectivity index (χ1) is 8.52. The van der Waals surface area contributed by atoms with Gasteiger partial charge in [-0.15, -0.1) is 0 Å². The highest BCUT2D eigenvalue weighted by molar-refractivity contribution is 9.10. The summed E-state index contributed by atoms with van der Waals surface area (Å²) in [6.07, 6.45) is 1.48. The lowest BCUT2D eigenvalue weighted by Gasteiger charge is -2.16. The number of carboxylic acid groups (broad SMARTS) is 1. The number of hydrogen-bond donors (Lipinski definition) is 2. The maximum Gasteiger partial charge on any atom is 0.303 e. The second-order valence-electron chi connectivity index (χ2n) is 3.85. The number of benzene rings is 1. The fourth-order valence-corrected chi connectivity index (χ4v) is 2.34. The summed E-state index contributed by atoms with van der Waals surface area (Å²) < 4.78 is 0.877. The Labute approximate surface area is 118 Å². The summed E-state index contributed by atoms with van der Waals surface area (Å²) in [7, 11) is 0. The fraction of sp³-hybridized carbons (Fsp3) is 0.333. The molecule has 18 heavy (non-hydrogen) atoms. The van der Waals surface area contributed by atoms with Gasteiger partial charge in [0.2, 0.25) is 6.41 Å². The maximum atomic E-state index is 10.5. The highest BCUT2D eigenvalue weighted by Gasteiger charge is 2.12. The molecule has 1 atom stereocenters. The molecule has 4 nitrogen and oxygen atoms in total. The van der Waals surface area contributed by atoms with Gasteiger partial charge in [-0.05, 0) is 30.5 Å². The quantitative estimate of drug-likeness (QED) is 0.753. The summed E-state index contributed by atoms with van der Waals surface area (Å²) in [5.74, 6) is -0.880. The van der Waals surface area contributed by atoms with Crippen molar-refractivity contribution in [3.05, 3.63) is 33.3 Å². The van der Waals surface area contributed by atoms with Gasteiger partial charge in [0.05, 0.1) is 0 Å². The van der Waals surface area contributed by atoms with Crippen molar-refractivity contribution in [1.82, 2.24) is 5.32 Å². The minimum atomic E-state index is -0.880. The molecule has 98 valence electrons. The van der Waals surface area contributed by atoms with Crippen LogP contribution < -0.4 is 5.32 Å². The molecule has 0 aliphatic carbocycles. The smallest absolute Gasteiger partial charge is 0.303 e. The molecule has 0 aliphatic heterocycles. The molecule has 0 spiro atoms. The van der Waals surface area contributed by atoms with Crippen molar-refractivity contribution in [3.63, 3.8) is 0 Å². The molecular formula is C12H13BrClNO3. The molecule has 1 aromatic carbocycles. The Kier molecular flexibility index (Phi) is 6.15. The van der Waals surface area contributed by atoms with Crippen LogP contribution in [-0.2, 0) is 16.0 Å². The molecule has 0 radical (unpaired) electrons. The standard InChI is InChI=1S/C12H13BrClNO3/c13-9-2-1-8(11(14)6-9)5-10(15-7-16)3-4-12(17)18/h1-2,6-7,10H,3-5H2,(H,15,16)(H,17,18). The van der Waals surface area contributed by atoms with Crippen LogP contribution in [0.1, 0.15) is 18.4 Å². The van der Waals surface area contributed by atoms with Crippen LogP contribution in [0.15, 0.2) is 22.7 Å². The monoisotopic (exact) mass is 333 g/mol. The van der Waals surface area contributed by atoms with Crippen LogP contribution in [-0.4, -0.2) is 23.5 Å². The molecule has 0 heterocycles. The van der Waals surface area contributed by atoms with E-state index in [1.807, 2.05) is 12.1 Å². The minimum Gasteiger partial charge on any atom is -0.481 e. The first-order valence-electron chi connectivity index (χ1n) is 5.38. The van der Waals surface area contributed by atoms with E-state index < -0.39 is 5.97 Å². The van der Waals surface area contributed by atoms with Gasteiger partial charge < -0.3 is 10.4 Å². The molecule has 0 fully saturated rings. The van der Waals surface area contributed by atoms with Gasteiger partial charge in [-0.1, -0.05) is 33.6 Å². The molecule has 1 rings (SSSR count). The van der Waals surface area contributed by atoms with E-state index in [4.69, 9.17) is 16.7 Å². The molecular weight excluding hydrogens is 321 g/mol. The van der Waals surface area contributed by atoms with Crippen LogP contribution in [0.5, 0.6) is 0 Å². The number of hydrogen-bond acceptors (Lipinski definition) is 2. The van der Waals surface area contributed by atoms with Crippen LogP contribution in [0.3, 0.4) is 0 Å². The predicted molar refractivity (Wildman–Crippen MR) is 72.7 cm³/mol. The third kappa shape index (κ3) is 5.06. The van der Waals surface area contributed by atoms with Gasteiger partial charge in [-0.25, -0.2) is 0 Å². The normalized spacial score (nSPS) is 11.9. The van der Waals surface area contributed by atoms with Crippen LogP contribution in [0.25, 0.3) is 0 Å². The van der Waals surface area contributed by atoms with Crippen LogP contribution >= 0.6 is 27.5 Å². The zero-order valence-electron chi connectivity index (χ0n) is 9.53. The average molecular weight is 335 g/mol. The zero-order chi connectivity index (χ0) is 13.5. The van der Waals surface area contributed by atoms with Crippen molar-refractivity contribution in [2.24, 2.45) is 0 Å². The van der Waals surface area contributed by atoms with Gasteiger partial charge >= 0.3 is 5.97 Å². The Balaban J connectivity index is 2.69. The van der Waals surface area contributed by atoms with Crippen molar-refractivity contribution in [2.75, 3.05) is 0 Å². The molecule has 0 saturated carbocycles. The Morgan fingerprint density at radius 3 is 2.83 bits per heavy atom. The van der Waals surface area contributed by atoms with Gasteiger partial charge in [0.1, 0.15) is 0 Å². The second-order valence-corrected chi connectivity index (χ2v) is 5.18. The Morgan fingerprint density at radius 1 is 1.56 bits per heavy atom. The zero-order valence-corrected chi connectivity index (χ0v) is 11.9. The number of carboxylic acids is 1. The summed E-state index contributed by atoms with van der Waals surface area (Å²) in [6.45, 7) is 0. The molecule has 0 bridgehead atoms. The SMILES string of the molecule is O=CNC(CCC(=O)O)Cc1ccc(Br)cc1Cl. The van der Waals surface area contributed by atoms with Crippen LogP contribution in [0.2, 0.25) is 5.02 Å². The lowest BCUT2D eigenvalue weighted by Crippen LogP contribution is -2.30. The van der Waals surface area contributed by atoms with E-state index in [1.165, 1.54) is 0 Å². The molecule has 0 aliphatic rings. The number of aliphatic carboxylic acids is 1. The number of nitrogens with one attached hydrogen (secondary N) is 1. The Morgan fingerprint density at radius 2 is 2.28 bits per heavy atom. The van der Waals surface area contributed by atoms with Crippen LogP contribution in [0.4, 0.5) is 0 Å². The summed E-state index contributed by atoms with van der Waals surface area (Å²) in [6, 6.07) is 5.26. The van der Waals surface area contributed by atoms with Gasteiger partial charge in [0, 0.05) is 22.0 Å². The predicted octanol–water partition coefficient (Wildman–Crippen LogP) is 2.62. The van der Waals surface area contributed by atoms with Crippen molar-refractivity contribution in [3.8, 4) is 0 Å². The summed E-state index contributed by atoms with van der Waals surface area (Å²) in [4.78, 5) is 21.0. The van der Waals surface area contributed by atoms with Crippen molar-refractivity contribution in [1.29, 1.82) is 0 Å². The number of carbonyl (C=O) groups is 2. The summed E-state index contributed by atoms with van der Waals surface area (Å²) >= 11 is 9.38. The molecule has 1 aromatic rings. The largest absolute Gasteiger partial charge is 0.481 e. The van der Waals surface area contributed by atoms with Gasteiger partial charge in [-0.2, -0.15) is 0 Å². The van der Waals surface area contributed by atoms with E-state index >= 15 is 0 Å². The fourth-order valence-electron chi connectivity index (χ4n) is 1.59. The highest BCUT2D eigenvalue weighted by Crippen LogP contribution is 2.23. The summed E-state index contributed by atoms with van der Waals surface area (Å²) in [5.41, 5.74) is 0.879. The van der Waals surface area contributed by atoms with Gasteiger partial charge in [0.25, 0.3) is 0 Å². The van der Waals surface area contributed by atoms with Crippen molar-refractivity contribution < 1.29 is 14.7 Å². The van der Waals surface area contributed by atoms with E-state index in [0.717, 1.165) is 10.0 Å². The minimum absolute atomic E-state index is 0.0135. The maximum absolute atomic E-state index is 10.5. The number of halogens is 2. The molecule has 1 amide bonds. The average Bonchev–Trinajstić information content (AvgIpc) is 2.29. The topological polar surface area (TPSA) is 66.4 Å². The van der Waals surface area contributed by atoms with E-state index in [-0.39, 0.29) is 12.5 Å². The number of rotatable bonds is 7. The third-order valence-electron chi connectivity index (χ3n) is 2.49. The lowest BCUT2D eigenvalue weighted by atomic mass is 10.0. The first-order valence-corrected chi connectivity index (χ1v) is 6.55. The number of amides is 1. The van der Waals surface area contributed by atoms with E-state index in [1.54, 1.807) is 6.07 Å². The van der Waals surface area contributed by atoms with E-state index in [2.05, 4.69) is 21.2 Å².